The van der Waals surface area contributed by atoms with Gasteiger partial charge in [0, 0.05) is 12.1 Å². The van der Waals surface area contributed by atoms with Gasteiger partial charge in [-0.3, -0.25) is 0 Å². The van der Waals surface area contributed by atoms with Crippen molar-refractivity contribution >= 4 is 17.3 Å². The molecule has 94 valence electrons. The van der Waals surface area contributed by atoms with Crippen LogP contribution in [-0.4, -0.2) is 20.2 Å². The minimum atomic E-state index is 0.516. The van der Waals surface area contributed by atoms with E-state index in [2.05, 4.69) is 15.5 Å². The molecule has 2 N–H and O–H groups in total. The van der Waals surface area contributed by atoms with E-state index in [0.717, 1.165) is 12.1 Å². The van der Waals surface area contributed by atoms with Gasteiger partial charge in [-0.15, -0.1) is 5.10 Å². The van der Waals surface area contributed by atoms with E-state index in [0.29, 0.717) is 22.5 Å². The minimum Gasteiger partial charge on any atom is -0.398 e. The van der Waals surface area contributed by atoms with Crippen LogP contribution in [0.25, 0.3) is 11.4 Å². The van der Waals surface area contributed by atoms with Crippen molar-refractivity contribution in [1.29, 1.82) is 0 Å². The van der Waals surface area contributed by atoms with E-state index in [9.17, 15) is 0 Å². The Morgan fingerprint density at radius 1 is 1.39 bits per heavy atom. The topological polar surface area (TPSA) is 69.6 Å². The van der Waals surface area contributed by atoms with Crippen molar-refractivity contribution in [2.45, 2.75) is 25.8 Å². The van der Waals surface area contributed by atoms with Crippen molar-refractivity contribution in [3.05, 3.63) is 23.2 Å². The van der Waals surface area contributed by atoms with Gasteiger partial charge in [-0.05, 0) is 41.3 Å². The van der Waals surface area contributed by atoms with Crippen LogP contribution in [0, 0.1) is 5.92 Å². The molecule has 0 amide bonds. The molecule has 0 radical (unpaired) electrons. The van der Waals surface area contributed by atoms with Crippen LogP contribution in [0.15, 0.2) is 18.2 Å². The van der Waals surface area contributed by atoms with Gasteiger partial charge < -0.3 is 5.73 Å². The molecule has 1 fully saturated rings. The summed E-state index contributed by atoms with van der Waals surface area (Å²) in [7, 11) is 0. The van der Waals surface area contributed by atoms with Gasteiger partial charge in [-0.2, -0.15) is 0 Å². The largest absolute Gasteiger partial charge is 0.398 e. The normalized spacial score (nSPS) is 15.6. The summed E-state index contributed by atoms with van der Waals surface area (Å²) >= 11 is 6.21. The van der Waals surface area contributed by atoms with Crippen molar-refractivity contribution in [2.75, 3.05) is 5.73 Å². The van der Waals surface area contributed by atoms with Crippen LogP contribution in [0.5, 0.6) is 0 Å². The number of aromatic nitrogens is 4. The van der Waals surface area contributed by atoms with Crippen LogP contribution in [0.1, 0.15) is 19.3 Å². The number of nitrogen functional groups attached to an aromatic ring is 1. The van der Waals surface area contributed by atoms with Gasteiger partial charge in [0.1, 0.15) is 0 Å². The molecule has 1 aliphatic carbocycles. The van der Waals surface area contributed by atoms with Crippen molar-refractivity contribution in [3.63, 3.8) is 0 Å². The van der Waals surface area contributed by atoms with Crippen LogP contribution < -0.4 is 5.73 Å². The van der Waals surface area contributed by atoms with Gasteiger partial charge in [0.25, 0.3) is 0 Å². The van der Waals surface area contributed by atoms with Crippen LogP contribution in [-0.2, 0) is 6.54 Å². The third-order valence-electron chi connectivity index (χ3n) is 3.46. The maximum absolute atomic E-state index is 6.21. The third-order valence-corrected chi connectivity index (χ3v) is 3.88. The van der Waals surface area contributed by atoms with Crippen LogP contribution in [0.3, 0.4) is 0 Å². The number of tetrazole rings is 1. The Labute approximate surface area is 110 Å². The first-order chi connectivity index (χ1) is 8.75. The first-order valence-electron chi connectivity index (χ1n) is 6.06. The molecular formula is C12H14ClN5. The van der Waals surface area contributed by atoms with Gasteiger partial charge in [0.05, 0.1) is 10.7 Å². The Morgan fingerprint density at radius 2 is 2.22 bits per heavy atom. The molecule has 0 atom stereocenters. The molecule has 18 heavy (non-hydrogen) atoms. The zero-order chi connectivity index (χ0) is 12.5. The Morgan fingerprint density at radius 3 is 2.94 bits per heavy atom. The molecule has 6 heteroatoms. The first-order valence-corrected chi connectivity index (χ1v) is 6.44. The second kappa shape index (κ2) is 4.57. The number of nitrogens with zero attached hydrogens (tertiary/aromatic N) is 4. The Hall–Kier alpha value is -1.62. The molecule has 0 saturated heterocycles. The number of benzene rings is 1. The lowest BCUT2D eigenvalue weighted by Gasteiger charge is -2.25. The monoisotopic (exact) mass is 263 g/mol. The number of nitrogens with two attached hydrogens (primary N) is 1. The summed E-state index contributed by atoms with van der Waals surface area (Å²) in [5.74, 6) is 1.38. The molecule has 1 aromatic carbocycles. The lowest BCUT2D eigenvalue weighted by molar-refractivity contribution is 0.265. The lowest BCUT2D eigenvalue weighted by atomic mass is 9.85. The third kappa shape index (κ3) is 1.95. The highest BCUT2D eigenvalue weighted by atomic mass is 35.5. The van der Waals surface area contributed by atoms with Crippen molar-refractivity contribution < 1.29 is 0 Å². The van der Waals surface area contributed by atoms with Crippen LogP contribution in [0.2, 0.25) is 5.02 Å². The molecule has 3 rings (SSSR count). The zero-order valence-electron chi connectivity index (χ0n) is 9.88. The van der Waals surface area contributed by atoms with Crippen molar-refractivity contribution in [1.82, 2.24) is 20.2 Å². The van der Waals surface area contributed by atoms with Gasteiger partial charge in [-0.25, -0.2) is 4.68 Å². The predicted octanol–water partition coefficient (Wildman–Crippen LogP) is 2.38. The quantitative estimate of drug-likeness (QED) is 0.863. The van der Waals surface area contributed by atoms with E-state index in [-0.39, 0.29) is 0 Å². The van der Waals surface area contributed by atoms with Crippen molar-refractivity contribution in [3.8, 4) is 11.4 Å². The van der Waals surface area contributed by atoms with Gasteiger partial charge in [-0.1, -0.05) is 24.1 Å². The number of hydrogen-bond donors (Lipinski definition) is 1. The number of halogens is 1. The summed E-state index contributed by atoms with van der Waals surface area (Å²) in [6.45, 7) is 0.855. The fraction of sp³-hybridized carbons (Fsp3) is 0.417. The fourth-order valence-electron chi connectivity index (χ4n) is 2.16. The van der Waals surface area contributed by atoms with Gasteiger partial charge in [0.2, 0.25) is 0 Å². The molecule has 1 saturated carbocycles. The SMILES string of the molecule is Nc1cccc(-c2nnnn2CC2CCC2)c1Cl. The van der Waals surface area contributed by atoms with E-state index in [1.807, 2.05) is 16.8 Å². The molecule has 0 spiro atoms. The molecule has 5 nitrogen and oxygen atoms in total. The first kappa shape index (κ1) is 11.5. The summed E-state index contributed by atoms with van der Waals surface area (Å²) < 4.78 is 1.82. The fourth-order valence-corrected chi connectivity index (χ4v) is 2.37. The Balaban J connectivity index is 1.95. The molecule has 1 heterocycles. The maximum atomic E-state index is 6.21. The summed E-state index contributed by atoms with van der Waals surface area (Å²) in [5, 5.41) is 12.4. The second-order valence-corrected chi connectivity index (χ2v) is 5.07. The average Bonchev–Trinajstić information content (AvgIpc) is 2.75. The van der Waals surface area contributed by atoms with E-state index in [4.69, 9.17) is 17.3 Å². The summed E-state index contributed by atoms with van der Waals surface area (Å²) in [4.78, 5) is 0. The molecule has 0 aliphatic heterocycles. The summed E-state index contributed by atoms with van der Waals surface area (Å²) in [6, 6.07) is 5.52. The Bertz CT molecular complexity index is 561. The van der Waals surface area contributed by atoms with E-state index < -0.39 is 0 Å². The number of anilines is 1. The lowest BCUT2D eigenvalue weighted by Crippen LogP contribution is -2.19. The maximum Gasteiger partial charge on any atom is 0.183 e. The highest BCUT2D eigenvalue weighted by Crippen LogP contribution is 2.32. The zero-order valence-corrected chi connectivity index (χ0v) is 10.6. The average molecular weight is 264 g/mol. The van der Waals surface area contributed by atoms with Crippen LogP contribution >= 0.6 is 11.6 Å². The molecule has 2 aromatic rings. The minimum absolute atomic E-state index is 0.516. The number of rotatable bonds is 3. The number of hydrogen-bond acceptors (Lipinski definition) is 4. The predicted molar refractivity (Wildman–Crippen MR) is 70.0 cm³/mol. The van der Waals surface area contributed by atoms with E-state index >= 15 is 0 Å². The molecule has 0 bridgehead atoms. The van der Waals surface area contributed by atoms with Crippen LogP contribution in [0.4, 0.5) is 5.69 Å². The standard InChI is InChI=1S/C12H14ClN5/c13-11-9(5-2-6-10(11)14)12-15-16-17-18(12)7-8-3-1-4-8/h2,5-6,8H,1,3-4,7,14H2. The summed E-state index contributed by atoms with van der Waals surface area (Å²) in [5.41, 5.74) is 7.15. The Kier molecular flexibility index (Phi) is 2.91. The smallest absolute Gasteiger partial charge is 0.183 e. The molecule has 1 aliphatic rings. The van der Waals surface area contributed by atoms with E-state index in [1.54, 1.807) is 6.07 Å². The molecular weight excluding hydrogens is 250 g/mol. The van der Waals surface area contributed by atoms with Gasteiger partial charge in [0.15, 0.2) is 5.82 Å². The second-order valence-electron chi connectivity index (χ2n) is 4.69. The molecule has 0 unspecified atom stereocenters. The highest BCUT2D eigenvalue weighted by Gasteiger charge is 2.21. The van der Waals surface area contributed by atoms with Gasteiger partial charge >= 0.3 is 0 Å². The molecule has 1 aromatic heterocycles. The highest BCUT2D eigenvalue weighted by molar-refractivity contribution is 6.35. The van der Waals surface area contributed by atoms with E-state index in [1.165, 1.54) is 19.3 Å². The summed E-state index contributed by atoms with van der Waals surface area (Å²) in [6.07, 6.45) is 3.81. The van der Waals surface area contributed by atoms with Crippen molar-refractivity contribution in [2.24, 2.45) is 5.92 Å².